The summed E-state index contributed by atoms with van der Waals surface area (Å²) in [5, 5.41) is 14.1. The van der Waals surface area contributed by atoms with Crippen molar-refractivity contribution in [2.24, 2.45) is 0 Å². The minimum atomic E-state index is -0.273. The molecule has 0 bridgehead atoms. The van der Waals surface area contributed by atoms with Gasteiger partial charge in [-0.15, -0.1) is 10.2 Å². The zero-order valence-electron chi connectivity index (χ0n) is 16.6. The Bertz CT molecular complexity index is 987. The first kappa shape index (κ1) is 20.5. The van der Waals surface area contributed by atoms with Crippen molar-refractivity contribution in [1.29, 1.82) is 0 Å². The molecule has 1 atom stereocenters. The highest BCUT2D eigenvalue weighted by Gasteiger charge is 2.21. The molecule has 148 valence electrons. The summed E-state index contributed by atoms with van der Waals surface area (Å²) < 4.78 is 5.45. The van der Waals surface area contributed by atoms with E-state index in [0.717, 1.165) is 32.2 Å². The highest BCUT2D eigenvalue weighted by Crippen LogP contribution is 2.32. The maximum Gasteiger partial charge on any atom is 0.239 e. The van der Waals surface area contributed by atoms with Gasteiger partial charge in [-0.05, 0) is 31.0 Å². The van der Waals surface area contributed by atoms with Crippen LogP contribution < -0.4 is 10.1 Å². The Kier molecular flexibility index (Phi) is 6.51. The molecule has 3 aromatic rings. The molecule has 1 unspecified atom stereocenters. The van der Waals surface area contributed by atoms with E-state index in [2.05, 4.69) is 29.4 Å². The van der Waals surface area contributed by atoms with Gasteiger partial charge in [0.15, 0.2) is 0 Å². The maximum absolute atomic E-state index is 12.8. The van der Waals surface area contributed by atoms with Gasteiger partial charge < -0.3 is 4.74 Å². The molecular formula is C20H24N4O2S2. The zero-order valence-corrected chi connectivity index (χ0v) is 18.3. The molecule has 1 aromatic carbocycles. The van der Waals surface area contributed by atoms with Gasteiger partial charge in [-0.25, -0.2) is 4.98 Å². The van der Waals surface area contributed by atoms with Gasteiger partial charge in [0.2, 0.25) is 11.0 Å². The number of thioether (sulfide) groups is 1. The van der Waals surface area contributed by atoms with E-state index in [0.29, 0.717) is 17.5 Å². The summed E-state index contributed by atoms with van der Waals surface area (Å²) in [5.41, 5.74) is 1.92. The van der Waals surface area contributed by atoms with Gasteiger partial charge in [0, 0.05) is 11.3 Å². The number of pyridine rings is 1. The minimum absolute atomic E-state index is 0.0847. The predicted molar refractivity (Wildman–Crippen MR) is 116 cm³/mol. The molecule has 0 aliphatic carbocycles. The van der Waals surface area contributed by atoms with E-state index in [9.17, 15) is 4.79 Å². The second-order valence-corrected chi connectivity index (χ2v) is 8.97. The molecule has 6 nitrogen and oxygen atoms in total. The van der Waals surface area contributed by atoms with Crippen LogP contribution in [0.1, 0.15) is 43.7 Å². The van der Waals surface area contributed by atoms with Gasteiger partial charge >= 0.3 is 0 Å². The fourth-order valence-electron chi connectivity index (χ4n) is 2.76. The van der Waals surface area contributed by atoms with Crippen LogP contribution in [0.15, 0.2) is 29.3 Å². The number of fused-ring (bicyclic) bond motifs is 1. The number of carbonyl (C=O) groups is 1. The van der Waals surface area contributed by atoms with E-state index >= 15 is 0 Å². The molecule has 8 heteroatoms. The number of nitrogens with zero attached hydrogens (tertiary/aromatic N) is 3. The molecule has 2 aromatic heterocycles. The number of rotatable bonds is 7. The van der Waals surface area contributed by atoms with E-state index in [-0.39, 0.29) is 11.2 Å². The molecule has 0 aliphatic heterocycles. The number of para-hydroxylation sites is 1. The van der Waals surface area contributed by atoms with E-state index in [1.807, 2.05) is 38.1 Å². The second-order valence-electron chi connectivity index (χ2n) is 6.74. The number of methoxy groups -OCH3 is 1. The van der Waals surface area contributed by atoms with Crippen molar-refractivity contribution >= 4 is 45.0 Å². The number of anilines is 1. The number of benzene rings is 1. The lowest BCUT2D eigenvalue weighted by molar-refractivity contribution is -0.115. The number of hydrogen-bond donors (Lipinski definition) is 1. The van der Waals surface area contributed by atoms with Crippen LogP contribution in [0.25, 0.3) is 10.9 Å². The third-order valence-corrected chi connectivity index (χ3v) is 6.72. The first-order valence-corrected chi connectivity index (χ1v) is 10.9. The summed E-state index contributed by atoms with van der Waals surface area (Å²) in [7, 11) is 1.64. The summed E-state index contributed by atoms with van der Waals surface area (Å²) in [6.45, 7) is 8.15. The summed E-state index contributed by atoms with van der Waals surface area (Å²) in [4.78, 5) is 17.5. The van der Waals surface area contributed by atoms with Crippen LogP contribution in [0.3, 0.4) is 0 Å². The van der Waals surface area contributed by atoms with Crippen LogP contribution in [-0.4, -0.2) is 33.4 Å². The van der Waals surface area contributed by atoms with Crippen molar-refractivity contribution in [3.8, 4) is 5.75 Å². The number of aryl methyl sites for hydroxylation is 1. The SMILES string of the molecule is CCC(Sc1cc(C)c2cccc(OC)c2n1)C(=O)Nc1nnc(C(C)C)s1. The summed E-state index contributed by atoms with van der Waals surface area (Å²) in [6.07, 6.45) is 0.678. The lowest BCUT2D eigenvalue weighted by Gasteiger charge is -2.14. The third kappa shape index (κ3) is 4.44. The summed E-state index contributed by atoms with van der Waals surface area (Å²) in [5.74, 6) is 0.938. The first-order chi connectivity index (χ1) is 13.4. The maximum atomic E-state index is 12.8. The quantitative estimate of drug-likeness (QED) is 0.544. The predicted octanol–water partition coefficient (Wildman–Crippen LogP) is 5.04. The van der Waals surface area contributed by atoms with Crippen LogP contribution in [0, 0.1) is 6.92 Å². The van der Waals surface area contributed by atoms with Gasteiger partial charge in [-0.3, -0.25) is 10.1 Å². The van der Waals surface area contributed by atoms with Gasteiger partial charge in [0.25, 0.3) is 0 Å². The Hall–Kier alpha value is -2.19. The molecule has 1 N–H and O–H groups in total. The number of ether oxygens (including phenoxy) is 1. The second kappa shape index (κ2) is 8.87. The molecule has 3 rings (SSSR count). The molecule has 0 aliphatic rings. The van der Waals surface area contributed by atoms with Crippen molar-refractivity contribution in [2.75, 3.05) is 12.4 Å². The third-order valence-electron chi connectivity index (χ3n) is 4.30. The van der Waals surface area contributed by atoms with Gasteiger partial charge in [0.05, 0.1) is 17.4 Å². The normalized spacial score (nSPS) is 12.4. The van der Waals surface area contributed by atoms with Crippen LogP contribution in [0.5, 0.6) is 5.75 Å². The highest BCUT2D eigenvalue weighted by molar-refractivity contribution is 8.00. The molecule has 28 heavy (non-hydrogen) atoms. The Labute approximate surface area is 173 Å². The number of aromatic nitrogens is 3. The average molecular weight is 417 g/mol. The zero-order chi connectivity index (χ0) is 20.3. The van der Waals surface area contributed by atoms with Gasteiger partial charge in [-0.1, -0.05) is 56.0 Å². The average Bonchev–Trinajstić information content (AvgIpc) is 3.14. The van der Waals surface area contributed by atoms with Crippen LogP contribution >= 0.6 is 23.1 Å². The van der Waals surface area contributed by atoms with Crippen molar-refractivity contribution in [3.05, 3.63) is 34.8 Å². The molecular weight excluding hydrogens is 392 g/mol. The molecule has 0 fully saturated rings. The van der Waals surface area contributed by atoms with E-state index in [4.69, 9.17) is 9.72 Å². The molecule has 0 spiro atoms. The van der Waals surface area contributed by atoms with Gasteiger partial charge in [0.1, 0.15) is 16.3 Å². The Morgan fingerprint density at radius 2 is 2.11 bits per heavy atom. The molecule has 2 heterocycles. The lowest BCUT2D eigenvalue weighted by Crippen LogP contribution is -2.24. The molecule has 1 amide bonds. The molecule has 0 radical (unpaired) electrons. The lowest BCUT2D eigenvalue weighted by atomic mass is 10.1. The smallest absolute Gasteiger partial charge is 0.239 e. The van der Waals surface area contributed by atoms with Gasteiger partial charge in [-0.2, -0.15) is 0 Å². The van der Waals surface area contributed by atoms with Crippen LogP contribution in [0.2, 0.25) is 0 Å². The van der Waals surface area contributed by atoms with Crippen molar-refractivity contribution in [2.45, 2.75) is 50.3 Å². The fourth-order valence-corrected chi connectivity index (χ4v) is 4.52. The minimum Gasteiger partial charge on any atom is -0.494 e. The van der Waals surface area contributed by atoms with E-state index < -0.39 is 0 Å². The number of hydrogen-bond acceptors (Lipinski definition) is 7. The van der Waals surface area contributed by atoms with Crippen molar-refractivity contribution in [1.82, 2.24) is 15.2 Å². The van der Waals surface area contributed by atoms with E-state index in [1.54, 1.807) is 7.11 Å². The molecule has 0 saturated carbocycles. The Morgan fingerprint density at radius 3 is 2.75 bits per heavy atom. The number of nitrogens with one attached hydrogen (secondary N) is 1. The number of carbonyl (C=O) groups excluding carboxylic acids is 1. The topological polar surface area (TPSA) is 77.0 Å². The highest BCUT2D eigenvalue weighted by atomic mass is 32.2. The van der Waals surface area contributed by atoms with E-state index in [1.165, 1.54) is 23.1 Å². The Balaban J connectivity index is 1.80. The first-order valence-electron chi connectivity index (χ1n) is 9.18. The summed E-state index contributed by atoms with van der Waals surface area (Å²) >= 11 is 2.87. The molecule has 0 saturated heterocycles. The van der Waals surface area contributed by atoms with Crippen LogP contribution in [0.4, 0.5) is 5.13 Å². The number of amides is 1. The monoisotopic (exact) mass is 416 g/mol. The van der Waals surface area contributed by atoms with Crippen LogP contribution in [-0.2, 0) is 4.79 Å². The fraction of sp³-hybridized carbons (Fsp3) is 0.400. The standard InChI is InChI=1S/C20H24N4O2S2/c1-6-15(18(25)22-20-24-23-19(28-20)11(2)3)27-16-10-12(4)13-8-7-9-14(26-5)17(13)21-16/h7-11,15H,6H2,1-5H3,(H,22,24,25). The van der Waals surface area contributed by atoms with Crippen molar-refractivity contribution in [3.63, 3.8) is 0 Å². The Morgan fingerprint density at radius 1 is 1.32 bits per heavy atom. The largest absolute Gasteiger partial charge is 0.494 e. The summed E-state index contributed by atoms with van der Waals surface area (Å²) in [6, 6.07) is 7.90. The van der Waals surface area contributed by atoms with Crippen molar-refractivity contribution < 1.29 is 9.53 Å².